The molecule has 0 saturated heterocycles. The minimum Gasteiger partial charge on any atom is -0.443 e. The van der Waals surface area contributed by atoms with E-state index in [9.17, 15) is 0 Å². The molecule has 3 nitrogen and oxygen atoms in total. The number of thiophene rings is 1. The minimum absolute atomic E-state index is 0.443. The standard InChI is InChI=1S/C11H13BrN2OS/c1-7(2)13-4-9-11(15-6-14-9)8-3-10(12)16-5-8/h3,5-7,13H,4H2,1-2H3. The van der Waals surface area contributed by atoms with Crippen LogP contribution < -0.4 is 5.32 Å². The number of nitrogens with zero attached hydrogens (tertiary/aromatic N) is 1. The first kappa shape index (κ1) is 11.8. The fraction of sp³-hybridized carbons (Fsp3) is 0.364. The summed E-state index contributed by atoms with van der Waals surface area (Å²) in [4.78, 5) is 4.23. The molecule has 0 aliphatic heterocycles. The van der Waals surface area contributed by atoms with E-state index in [1.807, 2.05) is 6.07 Å². The lowest BCUT2D eigenvalue weighted by molar-refractivity contribution is 0.563. The van der Waals surface area contributed by atoms with Gasteiger partial charge in [-0.1, -0.05) is 13.8 Å². The molecule has 0 unspecified atom stereocenters. The van der Waals surface area contributed by atoms with Gasteiger partial charge in [-0.3, -0.25) is 0 Å². The van der Waals surface area contributed by atoms with Crippen LogP contribution in [0.25, 0.3) is 11.3 Å². The average molecular weight is 301 g/mol. The Kier molecular flexibility index (Phi) is 3.78. The van der Waals surface area contributed by atoms with Gasteiger partial charge in [0, 0.05) is 23.5 Å². The molecule has 0 aliphatic rings. The van der Waals surface area contributed by atoms with Gasteiger partial charge < -0.3 is 9.73 Å². The van der Waals surface area contributed by atoms with Gasteiger partial charge in [-0.2, -0.15) is 0 Å². The Hall–Kier alpha value is -0.650. The van der Waals surface area contributed by atoms with E-state index < -0.39 is 0 Å². The van der Waals surface area contributed by atoms with Crippen LogP contribution in [0.4, 0.5) is 0 Å². The first-order valence-electron chi connectivity index (χ1n) is 5.07. The van der Waals surface area contributed by atoms with Crippen LogP contribution in [0.15, 0.2) is 26.0 Å². The molecule has 0 amide bonds. The van der Waals surface area contributed by atoms with Gasteiger partial charge >= 0.3 is 0 Å². The van der Waals surface area contributed by atoms with Crippen LogP contribution >= 0.6 is 27.3 Å². The lowest BCUT2D eigenvalue weighted by atomic mass is 10.2. The Balaban J connectivity index is 2.19. The number of aromatic nitrogens is 1. The van der Waals surface area contributed by atoms with Gasteiger partial charge in [-0.05, 0) is 22.0 Å². The molecule has 86 valence electrons. The number of hydrogen-bond donors (Lipinski definition) is 1. The Bertz CT molecular complexity index is 464. The van der Waals surface area contributed by atoms with Gasteiger partial charge in [0.05, 0.1) is 3.79 Å². The summed E-state index contributed by atoms with van der Waals surface area (Å²) in [6.07, 6.45) is 1.50. The summed E-state index contributed by atoms with van der Waals surface area (Å²) < 4.78 is 6.53. The van der Waals surface area contributed by atoms with Crippen molar-refractivity contribution >= 4 is 27.3 Å². The number of halogens is 1. The van der Waals surface area contributed by atoms with Crippen LogP contribution in [-0.2, 0) is 6.54 Å². The lowest BCUT2D eigenvalue weighted by Gasteiger charge is -2.06. The minimum atomic E-state index is 0.443. The van der Waals surface area contributed by atoms with E-state index in [1.54, 1.807) is 11.3 Å². The average Bonchev–Trinajstić information content (AvgIpc) is 2.82. The fourth-order valence-electron chi connectivity index (χ4n) is 1.36. The molecular weight excluding hydrogens is 288 g/mol. The maximum atomic E-state index is 5.43. The van der Waals surface area contributed by atoms with Crippen molar-refractivity contribution < 1.29 is 4.42 Å². The van der Waals surface area contributed by atoms with Crippen LogP contribution in [0.1, 0.15) is 19.5 Å². The van der Waals surface area contributed by atoms with Gasteiger partial charge in [0.25, 0.3) is 0 Å². The van der Waals surface area contributed by atoms with E-state index in [4.69, 9.17) is 4.42 Å². The van der Waals surface area contributed by atoms with E-state index in [0.717, 1.165) is 27.3 Å². The monoisotopic (exact) mass is 300 g/mol. The number of hydrogen-bond acceptors (Lipinski definition) is 4. The highest BCUT2D eigenvalue weighted by Crippen LogP contribution is 2.30. The Labute approximate surface area is 107 Å². The molecule has 0 aliphatic carbocycles. The SMILES string of the molecule is CC(C)NCc1ncoc1-c1csc(Br)c1. The van der Waals surface area contributed by atoms with Crippen molar-refractivity contribution in [2.45, 2.75) is 26.4 Å². The molecule has 2 aromatic rings. The molecule has 0 spiro atoms. The predicted molar refractivity (Wildman–Crippen MR) is 69.5 cm³/mol. The fourth-order valence-corrected chi connectivity index (χ4v) is 2.50. The zero-order valence-corrected chi connectivity index (χ0v) is 11.6. The van der Waals surface area contributed by atoms with Crippen LogP contribution in [0.2, 0.25) is 0 Å². The van der Waals surface area contributed by atoms with E-state index in [1.165, 1.54) is 6.39 Å². The Morgan fingerprint density at radius 3 is 3.00 bits per heavy atom. The third-order valence-corrected chi connectivity index (χ3v) is 3.65. The van der Waals surface area contributed by atoms with Crippen LogP contribution in [-0.4, -0.2) is 11.0 Å². The Morgan fingerprint density at radius 2 is 2.38 bits per heavy atom. The topological polar surface area (TPSA) is 38.1 Å². The van der Waals surface area contributed by atoms with Crippen LogP contribution in [0.3, 0.4) is 0 Å². The highest BCUT2D eigenvalue weighted by Gasteiger charge is 2.12. The second kappa shape index (κ2) is 5.12. The maximum Gasteiger partial charge on any atom is 0.181 e. The maximum absolute atomic E-state index is 5.43. The first-order valence-corrected chi connectivity index (χ1v) is 6.74. The van der Waals surface area contributed by atoms with Gasteiger partial charge in [0.2, 0.25) is 0 Å². The lowest BCUT2D eigenvalue weighted by Crippen LogP contribution is -2.22. The highest BCUT2D eigenvalue weighted by molar-refractivity contribution is 9.11. The van der Waals surface area contributed by atoms with E-state index in [0.29, 0.717) is 6.04 Å². The molecule has 0 aromatic carbocycles. The summed E-state index contributed by atoms with van der Waals surface area (Å²) in [6, 6.07) is 2.49. The number of rotatable bonds is 4. The summed E-state index contributed by atoms with van der Waals surface area (Å²) in [6.45, 7) is 4.96. The molecule has 0 atom stereocenters. The van der Waals surface area contributed by atoms with Crippen molar-refractivity contribution in [2.75, 3.05) is 0 Å². The number of nitrogens with one attached hydrogen (secondary N) is 1. The predicted octanol–water partition coefficient (Wildman–Crippen LogP) is 3.66. The van der Waals surface area contributed by atoms with Crippen LogP contribution in [0, 0.1) is 0 Å². The molecule has 2 heterocycles. The summed E-state index contributed by atoms with van der Waals surface area (Å²) >= 11 is 5.09. The molecular formula is C11H13BrN2OS. The second-order valence-electron chi connectivity index (χ2n) is 3.80. The molecule has 0 saturated carbocycles. The summed E-state index contributed by atoms with van der Waals surface area (Å²) in [5, 5.41) is 5.39. The molecule has 2 aromatic heterocycles. The first-order chi connectivity index (χ1) is 7.66. The van der Waals surface area contributed by atoms with Crippen molar-refractivity contribution in [1.29, 1.82) is 0 Å². The third kappa shape index (κ3) is 2.72. The zero-order chi connectivity index (χ0) is 11.5. The number of oxazole rings is 1. The molecule has 0 bridgehead atoms. The summed E-state index contributed by atoms with van der Waals surface area (Å²) in [5.41, 5.74) is 2.04. The quantitative estimate of drug-likeness (QED) is 0.936. The molecule has 16 heavy (non-hydrogen) atoms. The Morgan fingerprint density at radius 1 is 1.56 bits per heavy atom. The summed E-state index contributed by atoms with van der Waals surface area (Å²) in [7, 11) is 0. The molecule has 5 heteroatoms. The van der Waals surface area contributed by atoms with Crippen molar-refractivity contribution in [1.82, 2.24) is 10.3 Å². The zero-order valence-electron chi connectivity index (χ0n) is 9.16. The van der Waals surface area contributed by atoms with Gasteiger partial charge in [0.15, 0.2) is 12.2 Å². The van der Waals surface area contributed by atoms with Gasteiger partial charge in [-0.15, -0.1) is 11.3 Å². The smallest absolute Gasteiger partial charge is 0.181 e. The van der Waals surface area contributed by atoms with Gasteiger partial charge in [0.1, 0.15) is 5.69 Å². The molecule has 2 rings (SSSR count). The normalized spacial score (nSPS) is 11.2. The highest BCUT2D eigenvalue weighted by atomic mass is 79.9. The second-order valence-corrected chi connectivity index (χ2v) is 6.09. The molecule has 0 fully saturated rings. The molecule has 1 N–H and O–H groups in total. The van der Waals surface area contributed by atoms with Crippen molar-refractivity contribution in [2.24, 2.45) is 0 Å². The van der Waals surface area contributed by atoms with Crippen LogP contribution in [0.5, 0.6) is 0 Å². The van der Waals surface area contributed by atoms with E-state index in [2.05, 4.69) is 45.5 Å². The van der Waals surface area contributed by atoms with E-state index >= 15 is 0 Å². The van der Waals surface area contributed by atoms with E-state index in [-0.39, 0.29) is 0 Å². The third-order valence-electron chi connectivity index (χ3n) is 2.15. The summed E-state index contributed by atoms with van der Waals surface area (Å²) in [5.74, 6) is 0.857. The van der Waals surface area contributed by atoms with Crippen molar-refractivity contribution in [3.05, 3.63) is 27.3 Å². The largest absolute Gasteiger partial charge is 0.443 e. The van der Waals surface area contributed by atoms with Gasteiger partial charge in [-0.25, -0.2) is 4.98 Å². The van der Waals surface area contributed by atoms with Crippen molar-refractivity contribution in [3.63, 3.8) is 0 Å². The molecule has 0 radical (unpaired) electrons. The van der Waals surface area contributed by atoms with Crippen molar-refractivity contribution in [3.8, 4) is 11.3 Å².